The number of carbonyl (C=O) groups excluding carboxylic acids is 1. The summed E-state index contributed by atoms with van der Waals surface area (Å²) in [6.45, 7) is 3.96. The lowest BCUT2D eigenvalue weighted by atomic mass is 10.4. The maximum absolute atomic E-state index is 11.7. The maximum Gasteiger partial charge on any atom is 0.355 e. The number of aromatic nitrogens is 1. The molecule has 0 atom stereocenters. The van der Waals surface area contributed by atoms with Gasteiger partial charge in [-0.15, -0.1) is 0 Å². The van der Waals surface area contributed by atoms with Crippen molar-refractivity contribution in [3.8, 4) is 6.07 Å². The second-order valence-electron chi connectivity index (χ2n) is 3.60. The molecule has 0 unspecified atom stereocenters. The minimum atomic E-state index is -0.438. The molecule has 0 radical (unpaired) electrons. The normalized spacial score (nSPS) is 10.4. The molecule has 0 aliphatic rings. The van der Waals surface area contributed by atoms with Crippen molar-refractivity contribution in [3.63, 3.8) is 0 Å². The molecule has 0 amide bonds. The van der Waals surface area contributed by atoms with E-state index in [-0.39, 0.29) is 6.54 Å². The smallest absolute Gasteiger partial charge is 0.355 e. The number of hydrogen-bond donors (Lipinski definition) is 0. The molecule has 17 heavy (non-hydrogen) atoms. The Morgan fingerprint density at radius 2 is 2.35 bits per heavy atom. The Labute approximate surface area is 98.2 Å². The first-order valence-electron chi connectivity index (χ1n) is 5.31. The average molecular weight is 232 g/mol. The maximum atomic E-state index is 11.7. The number of fused-ring (bicyclic) bond motifs is 1. The molecular weight excluding hydrogens is 220 g/mol. The summed E-state index contributed by atoms with van der Waals surface area (Å²) in [5.74, 6) is 0.309. The minimum Gasteiger partial charge on any atom is -0.461 e. The van der Waals surface area contributed by atoms with E-state index in [2.05, 4.69) is 0 Å². The third-order valence-electron chi connectivity index (χ3n) is 2.43. The van der Waals surface area contributed by atoms with E-state index >= 15 is 0 Å². The van der Waals surface area contributed by atoms with E-state index < -0.39 is 5.97 Å². The lowest BCUT2D eigenvalue weighted by molar-refractivity contribution is 0.0515. The highest BCUT2D eigenvalue weighted by Gasteiger charge is 2.18. The van der Waals surface area contributed by atoms with Crippen molar-refractivity contribution in [2.24, 2.45) is 0 Å². The summed E-state index contributed by atoms with van der Waals surface area (Å²) in [4.78, 5) is 11.7. The van der Waals surface area contributed by atoms with Crippen molar-refractivity contribution in [1.29, 1.82) is 5.26 Å². The molecule has 0 bridgehead atoms. The molecule has 0 spiro atoms. The second-order valence-corrected chi connectivity index (χ2v) is 3.60. The van der Waals surface area contributed by atoms with E-state index in [4.69, 9.17) is 14.4 Å². The quantitative estimate of drug-likeness (QED) is 0.761. The molecule has 0 aromatic carbocycles. The number of aryl methyl sites for hydroxylation is 1. The molecule has 2 heterocycles. The molecule has 5 heteroatoms. The van der Waals surface area contributed by atoms with Gasteiger partial charge in [-0.05, 0) is 13.8 Å². The van der Waals surface area contributed by atoms with Gasteiger partial charge in [-0.1, -0.05) is 0 Å². The Balaban J connectivity index is 2.55. The predicted molar refractivity (Wildman–Crippen MR) is 60.5 cm³/mol. The fraction of sp³-hybridized carbons (Fsp3) is 0.333. The Morgan fingerprint density at radius 1 is 1.59 bits per heavy atom. The monoisotopic (exact) mass is 232 g/mol. The number of esters is 1. The molecule has 0 fully saturated rings. The van der Waals surface area contributed by atoms with Gasteiger partial charge in [-0.2, -0.15) is 5.26 Å². The number of nitrogens with zero attached hydrogens (tertiary/aromatic N) is 2. The van der Waals surface area contributed by atoms with E-state index in [0.717, 1.165) is 11.3 Å². The Morgan fingerprint density at radius 3 is 3.00 bits per heavy atom. The largest absolute Gasteiger partial charge is 0.461 e. The molecule has 88 valence electrons. The predicted octanol–water partition coefficient (Wildman–Crippen LogP) is 2.24. The van der Waals surface area contributed by atoms with Crippen molar-refractivity contribution < 1.29 is 13.9 Å². The number of hydrogen-bond acceptors (Lipinski definition) is 4. The van der Waals surface area contributed by atoms with Crippen molar-refractivity contribution in [3.05, 3.63) is 23.6 Å². The summed E-state index contributed by atoms with van der Waals surface area (Å²) in [5.41, 5.74) is 1.69. The summed E-state index contributed by atoms with van der Waals surface area (Å²) in [7, 11) is 0. The van der Waals surface area contributed by atoms with Gasteiger partial charge in [0, 0.05) is 12.1 Å². The molecule has 0 saturated carbocycles. The van der Waals surface area contributed by atoms with Crippen molar-refractivity contribution in [2.45, 2.75) is 20.4 Å². The first-order chi connectivity index (χ1) is 8.17. The van der Waals surface area contributed by atoms with Crippen LogP contribution >= 0.6 is 0 Å². The molecule has 5 nitrogen and oxygen atoms in total. The summed E-state index contributed by atoms with van der Waals surface area (Å²) < 4.78 is 12.0. The van der Waals surface area contributed by atoms with Gasteiger partial charge in [0.25, 0.3) is 0 Å². The number of nitriles is 1. The van der Waals surface area contributed by atoms with E-state index in [1.54, 1.807) is 23.6 Å². The third kappa shape index (κ3) is 1.89. The van der Waals surface area contributed by atoms with Crippen LogP contribution in [-0.4, -0.2) is 17.1 Å². The van der Waals surface area contributed by atoms with Crippen LogP contribution < -0.4 is 0 Å². The van der Waals surface area contributed by atoms with Gasteiger partial charge in [-0.25, -0.2) is 4.79 Å². The number of rotatable bonds is 3. The van der Waals surface area contributed by atoms with Crippen LogP contribution in [0.2, 0.25) is 0 Å². The zero-order valence-electron chi connectivity index (χ0n) is 9.69. The van der Waals surface area contributed by atoms with Gasteiger partial charge < -0.3 is 13.7 Å². The summed E-state index contributed by atoms with van der Waals surface area (Å²) in [6, 6.07) is 5.43. The highest BCUT2D eigenvalue weighted by atomic mass is 16.5. The van der Waals surface area contributed by atoms with E-state index in [1.165, 1.54) is 0 Å². The molecular formula is C12H12N2O3. The van der Waals surface area contributed by atoms with Gasteiger partial charge >= 0.3 is 5.97 Å². The molecule has 0 saturated heterocycles. The van der Waals surface area contributed by atoms with Gasteiger partial charge in [0.05, 0.1) is 18.2 Å². The topological polar surface area (TPSA) is 68.2 Å². The zero-order valence-corrected chi connectivity index (χ0v) is 9.69. The summed E-state index contributed by atoms with van der Waals surface area (Å²) in [5, 5.41) is 8.79. The minimum absolute atomic E-state index is 0.0939. The SMILES string of the molecule is CCOC(=O)c1cc2oc(C)cc2n1CC#N. The third-order valence-corrected chi connectivity index (χ3v) is 2.43. The zero-order chi connectivity index (χ0) is 12.4. The van der Waals surface area contributed by atoms with Gasteiger partial charge in [-0.3, -0.25) is 0 Å². The van der Waals surface area contributed by atoms with Crippen molar-refractivity contribution in [1.82, 2.24) is 4.57 Å². The van der Waals surface area contributed by atoms with Gasteiger partial charge in [0.1, 0.15) is 18.0 Å². The lowest BCUT2D eigenvalue weighted by Crippen LogP contribution is -2.11. The number of furan rings is 1. The first-order valence-corrected chi connectivity index (χ1v) is 5.31. The molecule has 2 aromatic heterocycles. The van der Waals surface area contributed by atoms with Crippen molar-refractivity contribution in [2.75, 3.05) is 6.61 Å². The summed E-state index contributed by atoms with van der Waals surface area (Å²) >= 11 is 0. The summed E-state index contributed by atoms with van der Waals surface area (Å²) in [6.07, 6.45) is 0. The average Bonchev–Trinajstić information content (AvgIpc) is 2.77. The van der Waals surface area contributed by atoms with Crippen LogP contribution in [0.3, 0.4) is 0 Å². The first kappa shape index (κ1) is 11.3. The highest BCUT2D eigenvalue weighted by molar-refractivity contribution is 5.94. The molecule has 0 aliphatic heterocycles. The Bertz CT molecular complexity index is 601. The van der Waals surface area contributed by atoms with Crippen LogP contribution in [0.5, 0.6) is 0 Å². The molecule has 2 rings (SSSR count). The second kappa shape index (κ2) is 4.34. The fourth-order valence-corrected chi connectivity index (χ4v) is 1.78. The van der Waals surface area contributed by atoms with E-state index in [1.807, 2.05) is 13.0 Å². The van der Waals surface area contributed by atoms with Crippen LogP contribution in [0.15, 0.2) is 16.5 Å². The van der Waals surface area contributed by atoms with Crippen LogP contribution in [-0.2, 0) is 11.3 Å². The van der Waals surface area contributed by atoms with Crippen LogP contribution in [0.1, 0.15) is 23.2 Å². The molecule has 2 aromatic rings. The molecule has 0 aliphatic carbocycles. The fourth-order valence-electron chi connectivity index (χ4n) is 1.78. The standard InChI is InChI=1S/C12H12N2O3/c1-3-16-12(15)10-7-11-9(6-8(2)17-11)14(10)5-4-13/h6-7H,3,5H2,1-2H3. The highest BCUT2D eigenvalue weighted by Crippen LogP contribution is 2.24. The van der Waals surface area contributed by atoms with Crippen molar-refractivity contribution >= 4 is 17.1 Å². The lowest BCUT2D eigenvalue weighted by Gasteiger charge is -2.04. The van der Waals surface area contributed by atoms with Crippen LogP contribution in [0.25, 0.3) is 11.1 Å². The number of ether oxygens (including phenoxy) is 1. The Kier molecular flexibility index (Phi) is 2.88. The van der Waals surface area contributed by atoms with E-state index in [0.29, 0.717) is 17.9 Å². The molecule has 0 N–H and O–H groups in total. The van der Waals surface area contributed by atoms with Gasteiger partial charge in [0.2, 0.25) is 0 Å². The number of carbonyl (C=O) groups is 1. The van der Waals surface area contributed by atoms with Crippen LogP contribution in [0.4, 0.5) is 0 Å². The van der Waals surface area contributed by atoms with Crippen LogP contribution in [0, 0.1) is 18.3 Å². The Hall–Kier alpha value is -2.22. The van der Waals surface area contributed by atoms with E-state index in [9.17, 15) is 4.79 Å². The van der Waals surface area contributed by atoms with Gasteiger partial charge in [0.15, 0.2) is 5.58 Å².